The molecule has 2 aromatic heterocycles. The molecule has 2 aliphatic rings. The molecule has 0 aliphatic carbocycles. The van der Waals surface area contributed by atoms with Gasteiger partial charge in [-0.2, -0.15) is 15.0 Å². The van der Waals surface area contributed by atoms with Crippen LogP contribution in [0.4, 0.5) is 23.5 Å². The Hall–Kier alpha value is -2.99. The van der Waals surface area contributed by atoms with Gasteiger partial charge in [-0.15, -0.1) is 0 Å². The second kappa shape index (κ2) is 13.0. The largest absolute Gasteiger partial charge is 0.383 e. The predicted octanol–water partition coefficient (Wildman–Crippen LogP) is 2.57. The lowest BCUT2D eigenvalue weighted by Crippen LogP contribution is -2.38. The number of nitrogens with zero attached hydrogens (tertiary/aromatic N) is 6. The maximum Gasteiger partial charge on any atom is 0.232 e. The third-order valence-corrected chi connectivity index (χ3v) is 6.62. The predicted molar refractivity (Wildman–Crippen MR) is 147 cm³/mol. The molecule has 5 rings (SSSR count). The number of anilines is 4. The molecule has 2 saturated heterocycles. The third kappa shape index (κ3) is 7.29. The molecular weight excluding hydrogens is 494 g/mol. The van der Waals surface area contributed by atoms with Gasteiger partial charge in [-0.3, -0.25) is 9.88 Å². The number of halogens is 1. The SMILES string of the molecule is Clc1ccc2c(NCCNc3nc(NCCCN4CCOCC4)nc(N4CCOCC4)n3)ccnc2c1. The van der Waals surface area contributed by atoms with E-state index in [9.17, 15) is 0 Å². The first-order valence-corrected chi connectivity index (χ1v) is 13.3. The van der Waals surface area contributed by atoms with Crippen LogP contribution < -0.4 is 20.9 Å². The number of pyridine rings is 1. The molecule has 0 saturated carbocycles. The van der Waals surface area contributed by atoms with E-state index < -0.39 is 0 Å². The fraction of sp³-hybridized carbons (Fsp3) is 0.520. The van der Waals surface area contributed by atoms with Crippen LogP contribution in [0.2, 0.25) is 5.02 Å². The number of benzene rings is 1. The van der Waals surface area contributed by atoms with Crippen molar-refractivity contribution in [1.29, 1.82) is 0 Å². The zero-order chi connectivity index (χ0) is 25.3. The van der Waals surface area contributed by atoms with Crippen LogP contribution in [0.1, 0.15) is 6.42 Å². The average Bonchev–Trinajstić information content (AvgIpc) is 2.94. The van der Waals surface area contributed by atoms with E-state index in [1.165, 1.54) is 0 Å². The highest BCUT2D eigenvalue weighted by atomic mass is 35.5. The number of rotatable bonds is 11. The Morgan fingerprint density at radius 3 is 2.30 bits per heavy atom. The van der Waals surface area contributed by atoms with Crippen LogP contribution in [0, 0.1) is 0 Å². The normalized spacial score (nSPS) is 16.6. The molecule has 12 heteroatoms. The summed E-state index contributed by atoms with van der Waals surface area (Å²) in [6, 6.07) is 7.70. The van der Waals surface area contributed by atoms with E-state index in [-0.39, 0.29) is 0 Å². The molecule has 198 valence electrons. The van der Waals surface area contributed by atoms with E-state index >= 15 is 0 Å². The van der Waals surface area contributed by atoms with Crippen LogP contribution >= 0.6 is 11.6 Å². The molecule has 0 spiro atoms. The summed E-state index contributed by atoms with van der Waals surface area (Å²) in [5, 5.41) is 11.9. The van der Waals surface area contributed by atoms with E-state index in [0.29, 0.717) is 49.2 Å². The smallest absolute Gasteiger partial charge is 0.232 e. The number of nitrogens with one attached hydrogen (secondary N) is 3. The van der Waals surface area contributed by atoms with Crippen molar-refractivity contribution in [1.82, 2.24) is 24.8 Å². The van der Waals surface area contributed by atoms with Crippen LogP contribution in [0.25, 0.3) is 10.9 Å². The Morgan fingerprint density at radius 2 is 1.51 bits per heavy atom. The van der Waals surface area contributed by atoms with Gasteiger partial charge in [0.1, 0.15) is 0 Å². The summed E-state index contributed by atoms with van der Waals surface area (Å²) in [6.07, 6.45) is 2.79. The summed E-state index contributed by atoms with van der Waals surface area (Å²) in [6.45, 7) is 9.66. The van der Waals surface area contributed by atoms with Crippen molar-refractivity contribution in [3.63, 3.8) is 0 Å². The molecular formula is C25H34ClN9O2. The van der Waals surface area contributed by atoms with Gasteiger partial charge in [0.05, 0.1) is 31.9 Å². The highest BCUT2D eigenvalue weighted by Gasteiger charge is 2.17. The van der Waals surface area contributed by atoms with Crippen molar-refractivity contribution in [2.45, 2.75) is 6.42 Å². The van der Waals surface area contributed by atoms with Crippen LogP contribution in [0.3, 0.4) is 0 Å². The number of ether oxygens (including phenoxy) is 2. The van der Waals surface area contributed by atoms with E-state index in [1.807, 2.05) is 24.3 Å². The Bertz CT molecular complexity index is 1160. The fourth-order valence-electron chi connectivity index (χ4n) is 4.40. The lowest BCUT2D eigenvalue weighted by Gasteiger charge is -2.27. The fourth-order valence-corrected chi connectivity index (χ4v) is 4.57. The van der Waals surface area contributed by atoms with Crippen molar-refractivity contribution >= 4 is 46.0 Å². The van der Waals surface area contributed by atoms with Gasteiger partial charge in [-0.25, -0.2) is 0 Å². The molecule has 1 aromatic carbocycles. The van der Waals surface area contributed by atoms with Gasteiger partial charge >= 0.3 is 0 Å². The zero-order valence-electron chi connectivity index (χ0n) is 21.0. The van der Waals surface area contributed by atoms with Crippen LogP contribution in [-0.4, -0.2) is 104 Å². The Kier molecular flexibility index (Phi) is 9.01. The van der Waals surface area contributed by atoms with Gasteiger partial charge in [-0.05, 0) is 37.2 Å². The summed E-state index contributed by atoms with van der Waals surface area (Å²) in [4.78, 5) is 23.0. The molecule has 0 bridgehead atoms. The Labute approximate surface area is 221 Å². The molecule has 2 fully saturated rings. The van der Waals surface area contributed by atoms with Crippen molar-refractivity contribution < 1.29 is 9.47 Å². The van der Waals surface area contributed by atoms with E-state index in [1.54, 1.807) is 6.20 Å². The van der Waals surface area contributed by atoms with Crippen LogP contribution in [0.5, 0.6) is 0 Å². The van der Waals surface area contributed by atoms with Crippen molar-refractivity contribution in [3.8, 4) is 0 Å². The Balaban J connectivity index is 1.18. The molecule has 2 aliphatic heterocycles. The van der Waals surface area contributed by atoms with Gasteiger partial charge in [0, 0.05) is 68.1 Å². The van der Waals surface area contributed by atoms with Gasteiger partial charge in [0.2, 0.25) is 17.8 Å². The number of fused-ring (bicyclic) bond motifs is 1. The van der Waals surface area contributed by atoms with Gasteiger partial charge in [0.25, 0.3) is 0 Å². The van der Waals surface area contributed by atoms with Gasteiger partial charge < -0.3 is 30.3 Å². The lowest BCUT2D eigenvalue weighted by molar-refractivity contribution is 0.0378. The number of morpholine rings is 2. The molecule has 11 nitrogen and oxygen atoms in total. The summed E-state index contributed by atoms with van der Waals surface area (Å²) < 4.78 is 10.9. The topological polar surface area (TPSA) is 113 Å². The first-order valence-electron chi connectivity index (χ1n) is 12.9. The minimum Gasteiger partial charge on any atom is -0.383 e. The molecule has 0 radical (unpaired) electrons. The van der Waals surface area contributed by atoms with Crippen LogP contribution in [-0.2, 0) is 9.47 Å². The minimum atomic E-state index is 0.556. The highest BCUT2D eigenvalue weighted by molar-refractivity contribution is 6.31. The Morgan fingerprint density at radius 1 is 0.811 bits per heavy atom. The van der Waals surface area contributed by atoms with Crippen molar-refractivity contribution in [3.05, 3.63) is 35.5 Å². The summed E-state index contributed by atoms with van der Waals surface area (Å²) in [5.41, 5.74) is 1.87. The molecule has 37 heavy (non-hydrogen) atoms. The second-order valence-electron chi connectivity index (χ2n) is 8.99. The number of aromatic nitrogens is 4. The van der Waals surface area contributed by atoms with Gasteiger partial charge in [0.15, 0.2) is 0 Å². The highest BCUT2D eigenvalue weighted by Crippen LogP contribution is 2.24. The first kappa shape index (κ1) is 25.7. The molecule has 3 aromatic rings. The molecule has 0 amide bonds. The lowest BCUT2D eigenvalue weighted by atomic mass is 10.2. The number of hydrogen-bond acceptors (Lipinski definition) is 11. The maximum atomic E-state index is 6.11. The van der Waals surface area contributed by atoms with Crippen molar-refractivity contribution in [2.75, 3.05) is 99.6 Å². The van der Waals surface area contributed by atoms with Gasteiger partial charge in [-0.1, -0.05) is 11.6 Å². The summed E-state index contributed by atoms with van der Waals surface area (Å²) >= 11 is 6.11. The summed E-state index contributed by atoms with van der Waals surface area (Å²) in [7, 11) is 0. The van der Waals surface area contributed by atoms with E-state index in [4.69, 9.17) is 21.1 Å². The van der Waals surface area contributed by atoms with Crippen LogP contribution in [0.15, 0.2) is 30.5 Å². The monoisotopic (exact) mass is 527 g/mol. The first-order chi connectivity index (χ1) is 18.2. The quantitative estimate of drug-likeness (QED) is 0.320. The van der Waals surface area contributed by atoms with E-state index in [0.717, 1.165) is 75.5 Å². The minimum absolute atomic E-state index is 0.556. The maximum absolute atomic E-state index is 6.11. The van der Waals surface area contributed by atoms with E-state index in [2.05, 4.69) is 45.7 Å². The zero-order valence-corrected chi connectivity index (χ0v) is 21.7. The molecule has 4 heterocycles. The number of hydrogen-bond donors (Lipinski definition) is 3. The molecule has 0 unspecified atom stereocenters. The molecule has 0 atom stereocenters. The summed E-state index contributed by atoms with van der Waals surface area (Å²) in [5.74, 6) is 1.81. The van der Waals surface area contributed by atoms with Crippen molar-refractivity contribution in [2.24, 2.45) is 0 Å². The molecule has 3 N–H and O–H groups in total. The third-order valence-electron chi connectivity index (χ3n) is 6.38. The second-order valence-corrected chi connectivity index (χ2v) is 9.43. The average molecular weight is 528 g/mol. The standard InChI is InChI=1S/C25H34ClN9O2/c26-19-2-3-20-21(4-6-27-22(20)18-19)28-7-8-30-24-31-23(29-5-1-9-34-10-14-36-15-11-34)32-25(33-24)35-12-16-37-17-13-35/h2-4,6,18H,1,5,7-17H2,(H,27,28)(H2,29,30,31,32,33).